The van der Waals surface area contributed by atoms with Gasteiger partial charge in [-0.05, 0) is 73.6 Å². The van der Waals surface area contributed by atoms with Crippen molar-refractivity contribution in [2.24, 2.45) is 5.92 Å². The van der Waals surface area contributed by atoms with Gasteiger partial charge in [-0.15, -0.1) is 0 Å². The maximum absolute atomic E-state index is 12.6. The Hall–Kier alpha value is -3.38. The number of hydrogen-bond donors (Lipinski definition) is 2. The minimum atomic E-state index is -0.274. The molecule has 1 aliphatic heterocycles. The Labute approximate surface area is 208 Å². The van der Waals surface area contributed by atoms with E-state index < -0.39 is 0 Å². The number of rotatable bonds is 5. The summed E-state index contributed by atoms with van der Waals surface area (Å²) in [4.78, 5) is 22.0. The zero-order chi connectivity index (χ0) is 24.1. The third-order valence-electron chi connectivity index (χ3n) is 7.67. The van der Waals surface area contributed by atoms with Crippen molar-refractivity contribution in [3.63, 3.8) is 0 Å². The van der Waals surface area contributed by atoms with E-state index in [1.165, 1.54) is 24.1 Å². The second-order valence-corrected chi connectivity index (χ2v) is 9.90. The Morgan fingerprint density at radius 3 is 2.34 bits per heavy atom. The number of amides is 2. The molecule has 2 aliphatic rings. The van der Waals surface area contributed by atoms with E-state index in [2.05, 4.69) is 80.9 Å². The molecule has 1 aromatic heterocycles. The van der Waals surface area contributed by atoms with Crippen LogP contribution in [0.15, 0.2) is 79.0 Å². The molecule has 6 heteroatoms. The summed E-state index contributed by atoms with van der Waals surface area (Å²) in [6.45, 7) is 6.52. The number of carbonyl (C=O) groups excluding carboxylic acids is 1. The van der Waals surface area contributed by atoms with Gasteiger partial charge in [0, 0.05) is 49.3 Å². The van der Waals surface area contributed by atoms with Gasteiger partial charge in [0.25, 0.3) is 0 Å². The Bertz CT molecular complexity index is 1100. The number of pyridine rings is 1. The normalized spacial score (nSPS) is 23.0. The maximum atomic E-state index is 12.6. The van der Waals surface area contributed by atoms with Crippen molar-refractivity contribution >= 4 is 23.2 Å². The lowest BCUT2D eigenvalue weighted by molar-refractivity contribution is 0.0299. The third-order valence-corrected chi connectivity index (χ3v) is 7.67. The summed E-state index contributed by atoms with van der Waals surface area (Å²) in [7, 11) is 0. The van der Waals surface area contributed by atoms with Crippen LogP contribution in [0.1, 0.15) is 38.2 Å². The molecular formula is C29H35N5O. The third kappa shape index (κ3) is 5.33. The molecule has 1 saturated carbocycles. The lowest BCUT2D eigenvalue weighted by Crippen LogP contribution is -2.56. The fourth-order valence-corrected chi connectivity index (χ4v) is 5.66. The lowest BCUT2D eigenvalue weighted by atomic mass is 9.71. The van der Waals surface area contributed by atoms with E-state index in [9.17, 15) is 4.79 Å². The molecule has 5 rings (SSSR count). The summed E-state index contributed by atoms with van der Waals surface area (Å²) in [5.74, 6) is 1.30. The minimum absolute atomic E-state index is 0.0183. The number of para-hydroxylation sites is 1. The highest BCUT2D eigenvalue weighted by molar-refractivity contribution is 5.99. The van der Waals surface area contributed by atoms with E-state index in [0.717, 1.165) is 50.6 Å². The van der Waals surface area contributed by atoms with Gasteiger partial charge in [-0.25, -0.2) is 9.78 Å². The Kier molecular flexibility index (Phi) is 7.00. The topological polar surface area (TPSA) is 60.5 Å². The molecule has 2 fully saturated rings. The highest BCUT2D eigenvalue weighted by atomic mass is 16.2. The zero-order valence-corrected chi connectivity index (χ0v) is 20.5. The van der Waals surface area contributed by atoms with Gasteiger partial charge in [-0.3, -0.25) is 10.2 Å². The minimum Gasteiger partial charge on any atom is -0.369 e. The molecule has 35 heavy (non-hydrogen) atoms. The van der Waals surface area contributed by atoms with E-state index >= 15 is 0 Å². The van der Waals surface area contributed by atoms with Crippen molar-refractivity contribution in [3.8, 4) is 0 Å². The molecule has 2 aromatic carbocycles. The molecule has 0 bridgehead atoms. The predicted octanol–water partition coefficient (Wildman–Crippen LogP) is 5.95. The van der Waals surface area contributed by atoms with Gasteiger partial charge in [-0.2, -0.15) is 0 Å². The number of benzene rings is 2. The summed E-state index contributed by atoms with van der Waals surface area (Å²) < 4.78 is 0. The first-order valence-corrected chi connectivity index (χ1v) is 12.8. The maximum Gasteiger partial charge on any atom is 0.324 e. The van der Waals surface area contributed by atoms with Crippen LogP contribution in [0.5, 0.6) is 0 Å². The zero-order valence-electron chi connectivity index (χ0n) is 20.5. The van der Waals surface area contributed by atoms with Crippen molar-refractivity contribution in [3.05, 3.63) is 84.6 Å². The molecule has 2 amide bonds. The molecule has 2 heterocycles. The SMILES string of the molecule is CC1CCC(c2cccc(NC(=O)Nc3ccccn3)c2)(N2CCN(c3ccccc3)CC2)CC1. The van der Waals surface area contributed by atoms with Gasteiger partial charge in [-0.1, -0.05) is 43.3 Å². The molecule has 0 radical (unpaired) electrons. The van der Waals surface area contributed by atoms with Gasteiger partial charge in [0.2, 0.25) is 0 Å². The van der Waals surface area contributed by atoms with E-state index in [0.29, 0.717) is 5.82 Å². The average molecular weight is 470 g/mol. The molecule has 0 atom stereocenters. The largest absolute Gasteiger partial charge is 0.369 e. The molecular weight excluding hydrogens is 434 g/mol. The standard InChI is InChI=1S/C29H35N5O/c1-23-13-15-29(16-14-23,34-20-18-33(19-21-34)26-10-3-2-4-11-26)24-8-7-9-25(22-24)31-28(35)32-27-12-5-6-17-30-27/h2-12,17,22-23H,13-16,18-21H2,1H3,(H2,30,31,32,35). The highest BCUT2D eigenvalue weighted by Gasteiger charge is 2.42. The van der Waals surface area contributed by atoms with E-state index in [-0.39, 0.29) is 11.6 Å². The first-order valence-electron chi connectivity index (χ1n) is 12.8. The Morgan fingerprint density at radius 1 is 0.886 bits per heavy atom. The highest BCUT2D eigenvalue weighted by Crippen LogP contribution is 2.45. The van der Waals surface area contributed by atoms with Crippen molar-refractivity contribution in [1.82, 2.24) is 9.88 Å². The second kappa shape index (κ2) is 10.5. The van der Waals surface area contributed by atoms with Crippen LogP contribution in [-0.2, 0) is 5.54 Å². The van der Waals surface area contributed by atoms with Crippen molar-refractivity contribution < 1.29 is 4.79 Å². The Morgan fingerprint density at radius 2 is 1.63 bits per heavy atom. The fraction of sp³-hybridized carbons (Fsp3) is 0.379. The molecule has 0 spiro atoms. The number of anilines is 3. The Balaban J connectivity index is 1.33. The van der Waals surface area contributed by atoms with Crippen LogP contribution in [0.25, 0.3) is 0 Å². The van der Waals surface area contributed by atoms with Crippen LogP contribution < -0.4 is 15.5 Å². The smallest absolute Gasteiger partial charge is 0.324 e. The van der Waals surface area contributed by atoms with Crippen LogP contribution in [0.2, 0.25) is 0 Å². The number of hydrogen-bond acceptors (Lipinski definition) is 4. The second-order valence-electron chi connectivity index (χ2n) is 9.90. The van der Waals surface area contributed by atoms with Crippen LogP contribution in [0, 0.1) is 5.92 Å². The van der Waals surface area contributed by atoms with Crippen LogP contribution in [-0.4, -0.2) is 42.1 Å². The van der Waals surface area contributed by atoms with Gasteiger partial charge < -0.3 is 10.2 Å². The predicted molar refractivity (Wildman–Crippen MR) is 143 cm³/mol. The number of nitrogens with zero attached hydrogens (tertiary/aromatic N) is 3. The summed E-state index contributed by atoms with van der Waals surface area (Å²) in [5, 5.41) is 5.82. The average Bonchev–Trinajstić information content (AvgIpc) is 2.91. The van der Waals surface area contributed by atoms with Crippen LogP contribution in [0.4, 0.5) is 22.0 Å². The summed E-state index contributed by atoms with van der Waals surface area (Å²) >= 11 is 0. The molecule has 1 aliphatic carbocycles. The first-order chi connectivity index (χ1) is 17.1. The summed E-state index contributed by atoms with van der Waals surface area (Å²) in [6, 6.07) is 24.4. The number of nitrogens with one attached hydrogen (secondary N) is 2. The van der Waals surface area contributed by atoms with Crippen molar-refractivity contribution in [2.75, 3.05) is 41.7 Å². The van der Waals surface area contributed by atoms with Gasteiger partial charge in [0.05, 0.1) is 0 Å². The van der Waals surface area contributed by atoms with Gasteiger partial charge in [0.1, 0.15) is 5.82 Å². The summed E-state index contributed by atoms with van der Waals surface area (Å²) in [6.07, 6.45) is 6.45. The molecule has 1 saturated heterocycles. The van der Waals surface area contributed by atoms with Crippen molar-refractivity contribution in [2.45, 2.75) is 38.1 Å². The number of aromatic nitrogens is 1. The van der Waals surface area contributed by atoms with Crippen molar-refractivity contribution in [1.29, 1.82) is 0 Å². The number of carbonyl (C=O) groups is 1. The van der Waals surface area contributed by atoms with Crippen LogP contribution in [0.3, 0.4) is 0 Å². The fourth-order valence-electron chi connectivity index (χ4n) is 5.66. The van der Waals surface area contributed by atoms with E-state index in [4.69, 9.17) is 0 Å². The molecule has 3 aromatic rings. The lowest BCUT2D eigenvalue weighted by Gasteiger charge is -2.51. The monoisotopic (exact) mass is 469 g/mol. The van der Waals surface area contributed by atoms with E-state index in [1.54, 1.807) is 12.3 Å². The molecule has 2 N–H and O–H groups in total. The molecule has 182 valence electrons. The number of urea groups is 1. The van der Waals surface area contributed by atoms with Gasteiger partial charge >= 0.3 is 6.03 Å². The van der Waals surface area contributed by atoms with E-state index in [1.807, 2.05) is 18.2 Å². The molecule has 0 unspecified atom stereocenters. The van der Waals surface area contributed by atoms with Crippen LogP contribution >= 0.6 is 0 Å². The van der Waals surface area contributed by atoms with Gasteiger partial charge in [0.15, 0.2) is 0 Å². The number of piperazine rings is 1. The first kappa shape index (κ1) is 23.4. The quantitative estimate of drug-likeness (QED) is 0.485. The molecule has 6 nitrogen and oxygen atoms in total. The summed E-state index contributed by atoms with van der Waals surface area (Å²) in [5.41, 5.74) is 3.46.